The summed E-state index contributed by atoms with van der Waals surface area (Å²) >= 11 is 1.73. The monoisotopic (exact) mass is 308 g/mol. The lowest BCUT2D eigenvalue weighted by atomic mass is 9.95. The summed E-state index contributed by atoms with van der Waals surface area (Å²) in [6, 6.07) is 1.20. The van der Waals surface area contributed by atoms with Gasteiger partial charge in [0.05, 0.1) is 6.04 Å². The van der Waals surface area contributed by atoms with Gasteiger partial charge >= 0.3 is 0 Å². The predicted molar refractivity (Wildman–Crippen MR) is 85.3 cm³/mol. The second kappa shape index (κ2) is 5.79. The van der Waals surface area contributed by atoms with Gasteiger partial charge in [0.2, 0.25) is 11.8 Å². The van der Waals surface area contributed by atoms with Gasteiger partial charge in [-0.1, -0.05) is 13.8 Å². The molecule has 21 heavy (non-hydrogen) atoms. The van der Waals surface area contributed by atoms with Crippen LogP contribution in [0, 0.1) is 19.8 Å². The Balaban J connectivity index is 2.36. The molecular weight excluding hydrogens is 284 g/mol. The number of carbonyl (C=O) groups excluding carboxylic acids is 2. The molecule has 1 aromatic rings. The SMILES string of the molecule is Cc1cc(C(C)N2C(=O)C(C(C)C)NC(=O)C2C)c(C)s1. The second-order valence-electron chi connectivity index (χ2n) is 6.20. The van der Waals surface area contributed by atoms with E-state index in [4.69, 9.17) is 0 Å². The van der Waals surface area contributed by atoms with Gasteiger partial charge in [0.25, 0.3) is 0 Å². The lowest BCUT2D eigenvalue weighted by molar-refractivity contribution is -0.152. The Labute approximate surface area is 130 Å². The van der Waals surface area contributed by atoms with Crippen molar-refractivity contribution in [3.8, 4) is 0 Å². The van der Waals surface area contributed by atoms with Crippen LogP contribution >= 0.6 is 11.3 Å². The molecule has 0 bridgehead atoms. The third-order valence-electron chi connectivity index (χ3n) is 4.23. The maximum atomic E-state index is 12.8. The molecule has 2 rings (SSSR count). The quantitative estimate of drug-likeness (QED) is 0.933. The van der Waals surface area contributed by atoms with E-state index in [1.54, 1.807) is 23.2 Å². The van der Waals surface area contributed by atoms with Crippen LogP contribution in [-0.2, 0) is 9.59 Å². The van der Waals surface area contributed by atoms with Crippen molar-refractivity contribution in [2.45, 2.75) is 59.7 Å². The van der Waals surface area contributed by atoms with E-state index < -0.39 is 12.1 Å². The van der Waals surface area contributed by atoms with E-state index in [0.717, 1.165) is 5.56 Å². The summed E-state index contributed by atoms with van der Waals surface area (Å²) in [7, 11) is 0. The highest BCUT2D eigenvalue weighted by molar-refractivity contribution is 7.12. The number of hydrogen-bond acceptors (Lipinski definition) is 3. The number of carbonyl (C=O) groups is 2. The Kier molecular flexibility index (Phi) is 4.42. The van der Waals surface area contributed by atoms with Crippen molar-refractivity contribution >= 4 is 23.2 Å². The molecular formula is C16H24N2O2S. The van der Waals surface area contributed by atoms with Crippen LogP contribution in [0.15, 0.2) is 6.07 Å². The van der Waals surface area contributed by atoms with Gasteiger partial charge in [0.15, 0.2) is 0 Å². The Hall–Kier alpha value is -1.36. The minimum atomic E-state index is -0.429. The predicted octanol–water partition coefficient (Wildman–Crippen LogP) is 2.80. The van der Waals surface area contributed by atoms with Crippen molar-refractivity contribution in [3.63, 3.8) is 0 Å². The van der Waals surface area contributed by atoms with Crippen molar-refractivity contribution < 1.29 is 9.59 Å². The molecule has 0 radical (unpaired) electrons. The Morgan fingerprint density at radius 3 is 2.33 bits per heavy atom. The first-order valence-corrected chi connectivity index (χ1v) is 8.25. The topological polar surface area (TPSA) is 49.4 Å². The van der Waals surface area contributed by atoms with Gasteiger partial charge in [-0.2, -0.15) is 0 Å². The molecule has 3 unspecified atom stereocenters. The third kappa shape index (κ3) is 2.84. The molecule has 5 heteroatoms. The highest BCUT2D eigenvalue weighted by Crippen LogP contribution is 2.33. The maximum Gasteiger partial charge on any atom is 0.246 e. The molecule has 1 aliphatic heterocycles. The fourth-order valence-electron chi connectivity index (χ4n) is 3.01. The molecule has 116 valence electrons. The van der Waals surface area contributed by atoms with Crippen molar-refractivity contribution in [3.05, 3.63) is 21.4 Å². The first-order chi connectivity index (χ1) is 9.73. The maximum absolute atomic E-state index is 12.8. The van der Waals surface area contributed by atoms with Gasteiger partial charge in [0.1, 0.15) is 12.1 Å². The van der Waals surface area contributed by atoms with E-state index in [2.05, 4.69) is 25.2 Å². The van der Waals surface area contributed by atoms with Crippen molar-refractivity contribution in [2.75, 3.05) is 0 Å². The molecule has 0 aliphatic carbocycles. The zero-order valence-corrected chi connectivity index (χ0v) is 14.4. The van der Waals surface area contributed by atoms with Gasteiger partial charge < -0.3 is 10.2 Å². The van der Waals surface area contributed by atoms with Crippen LogP contribution < -0.4 is 5.32 Å². The number of nitrogens with zero attached hydrogens (tertiary/aromatic N) is 1. The van der Waals surface area contributed by atoms with Crippen LogP contribution in [0.5, 0.6) is 0 Å². The van der Waals surface area contributed by atoms with Gasteiger partial charge in [0, 0.05) is 9.75 Å². The molecule has 0 spiro atoms. The fourth-order valence-corrected chi connectivity index (χ4v) is 4.02. The fraction of sp³-hybridized carbons (Fsp3) is 0.625. The number of rotatable bonds is 3. The normalized spacial score (nSPS) is 24.4. The molecule has 1 saturated heterocycles. The third-order valence-corrected chi connectivity index (χ3v) is 5.21. The molecule has 0 saturated carbocycles. The summed E-state index contributed by atoms with van der Waals surface area (Å²) in [6.45, 7) is 11.9. The molecule has 0 aromatic carbocycles. The summed E-state index contributed by atoms with van der Waals surface area (Å²) in [5, 5.41) is 2.84. The summed E-state index contributed by atoms with van der Waals surface area (Å²) < 4.78 is 0. The molecule has 1 aromatic heterocycles. The van der Waals surface area contributed by atoms with Crippen molar-refractivity contribution in [1.29, 1.82) is 0 Å². The van der Waals surface area contributed by atoms with E-state index in [9.17, 15) is 9.59 Å². The molecule has 2 amide bonds. The van der Waals surface area contributed by atoms with Crippen LogP contribution in [-0.4, -0.2) is 28.8 Å². The largest absolute Gasteiger partial charge is 0.342 e. The van der Waals surface area contributed by atoms with Crippen molar-refractivity contribution in [1.82, 2.24) is 10.2 Å². The second-order valence-corrected chi connectivity index (χ2v) is 7.66. The lowest BCUT2D eigenvalue weighted by Crippen LogP contribution is -2.64. The average molecular weight is 308 g/mol. The minimum Gasteiger partial charge on any atom is -0.342 e. The van der Waals surface area contributed by atoms with Crippen LogP contribution in [0.1, 0.15) is 49.1 Å². The van der Waals surface area contributed by atoms with E-state index >= 15 is 0 Å². The molecule has 2 heterocycles. The van der Waals surface area contributed by atoms with Crippen LogP contribution in [0.3, 0.4) is 0 Å². The van der Waals surface area contributed by atoms with E-state index in [1.807, 2.05) is 20.8 Å². The number of thiophene rings is 1. The number of piperazine rings is 1. The van der Waals surface area contributed by atoms with Gasteiger partial charge in [-0.05, 0) is 45.2 Å². The molecule has 1 aliphatic rings. The van der Waals surface area contributed by atoms with Crippen LogP contribution in [0.4, 0.5) is 0 Å². The van der Waals surface area contributed by atoms with Crippen LogP contribution in [0.2, 0.25) is 0 Å². The standard InChI is InChI=1S/C16H24N2O2S/c1-8(2)14-16(20)18(11(5)15(19)17-14)10(4)13-7-9(3)21-12(13)6/h7-8,10-11,14H,1-6H3,(H,17,19). The molecule has 1 fully saturated rings. The first kappa shape index (κ1) is 16.0. The van der Waals surface area contributed by atoms with Gasteiger partial charge in [-0.15, -0.1) is 11.3 Å². The first-order valence-electron chi connectivity index (χ1n) is 7.43. The zero-order chi connectivity index (χ0) is 15.9. The highest BCUT2D eigenvalue weighted by Gasteiger charge is 2.42. The van der Waals surface area contributed by atoms with Gasteiger partial charge in [-0.3, -0.25) is 9.59 Å². The zero-order valence-electron chi connectivity index (χ0n) is 13.6. The summed E-state index contributed by atoms with van der Waals surface area (Å²) in [6.07, 6.45) is 0. The Morgan fingerprint density at radius 2 is 1.86 bits per heavy atom. The average Bonchev–Trinajstić information content (AvgIpc) is 2.72. The number of hydrogen-bond donors (Lipinski definition) is 1. The van der Waals surface area contributed by atoms with Gasteiger partial charge in [-0.25, -0.2) is 0 Å². The highest BCUT2D eigenvalue weighted by atomic mass is 32.1. The lowest BCUT2D eigenvalue weighted by Gasteiger charge is -2.42. The molecule has 3 atom stereocenters. The minimum absolute atomic E-state index is 0.0212. The summed E-state index contributed by atoms with van der Waals surface area (Å²) in [5.41, 5.74) is 1.15. The Bertz CT molecular complexity index is 565. The molecule has 4 nitrogen and oxygen atoms in total. The van der Waals surface area contributed by atoms with E-state index in [-0.39, 0.29) is 23.8 Å². The smallest absolute Gasteiger partial charge is 0.246 e. The number of aryl methyl sites for hydroxylation is 2. The molecule has 1 N–H and O–H groups in total. The number of amides is 2. The van der Waals surface area contributed by atoms with Crippen LogP contribution in [0.25, 0.3) is 0 Å². The van der Waals surface area contributed by atoms with Crippen molar-refractivity contribution in [2.24, 2.45) is 5.92 Å². The van der Waals surface area contributed by atoms with E-state index in [1.165, 1.54) is 9.75 Å². The number of nitrogens with one attached hydrogen (secondary N) is 1. The summed E-state index contributed by atoms with van der Waals surface area (Å²) in [4.78, 5) is 29.2. The Morgan fingerprint density at radius 1 is 1.24 bits per heavy atom. The van der Waals surface area contributed by atoms with E-state index in [0.29, 0.717) is 0 Å². The summed E-state index contributed by atoms with van der Waals surface area (Å²) in [5.74, 6) is 0.0477.